The molecule has 3 fully saturated rings. The number of allylic oxidation sites excluding steroid dienone is 1. The molecule has 3 saturated heterocycles. The van der Waals surface area contributed by atoms with Crippen molar-refractivity contribution in [3.63, 3.8) is 0 Å². The fraction of sp³-hybridized carbons (Fsp3) is 0.654. The Kier molecular flexibility index (Phi) is 4.48. The quantitative estimate of drug-likeness (QED) is 0.533. The number of hydrogen-bond acceptors (Lipinski definition) is 6. The van der Waals surface area contributed by atoms with Gasteiger partial charge in [-0.25, -0.2) is 4.79 Å². The van der Waals surface area contributed by atoms with Gasteiger partial charge in [-0.05, 0) is 51.0 Å². The van der Waals surface area contributed by atoms with Crippen LogP contribution in [0.4, 0.5) is 0 Å². The highest BCUT2D eigenvalue weighted by Gasteiger charge is 2.64. The third-order valence-electron chi connectivity index (χ3n) is 9.07. The fourth-order valence-electron chi connectivity index (χ4n) is 7.70. The lowest BCUT2D eigenvalue weighted by molar-refractivity contribution is -0.141. The summed E-state index contributed by atoms with van der Waals surface area (Å²) in [4.78, 5) is 15.0. The molecule has 6 heterocycles. The Morgan fingerprint density at radius 1 is 1.31 bits per heavy atom. The minimum absolute atomic E-state index is 0.0279. The molecule has 0 radical (unpaired) electrons. The molecule has 6 aliphatic heterocycles. The molecule has 0 aromatic rings. The predicted molar refractivity (Wildman–Crippen MR) is 118 cm³/mol. The predicted octanol–water partition coefficient (Wildman–Crippen LogP) is 3.79. The monoisotopic (exact) mass is 439 g/mol. The number of esters is 1. The van der Waals surface area contributed by atoms with E-state index in [9.17, 15) is 9.90 Å². The molecule has 0 amide bonds. The van der Waals surface area contributed by atoms with Crippen molar-refractivity contribution in [3.8, 4) is 0 Å². The lowest BCUT2D eigenvalue weighted by Gasteiger charge is -2.63. The van der Waals surface area contributed by atoms with Crippen molar-refractivity contribution >= 4 is 5.97 Å². The summed E-state index contributed by atoms with van der Waals surface area (Å²) in [5.41, 5.74) is 0.298. The van der Waals surface area contributed by atoms with Crippen LogP contribution in [0.3, 0.4) is 0 Å². The highest BCUT2D eigenvalue weighted by molar-refractivity contribution is 5.93. The average Bonchev–Trinajstić information content (AvgIpc) is 3.16. The number of nitrogens with zero attached hydrogens (tertiary/aromatic N) is 1. The number of carbonyl (C=O) groups is 1. The van der Waals surface area contributed by atoms with Crippen LogP contribution >= 0.6 is 0 Å². The van der Waals surface area contributed by atoms with Gasteiger partial charge >= 0.3 is 5.97 Å². The second-order valence-corrected chi connectivity index (χ2v) is 10.4. The van der Waals surface area contributed by atoms with E-state index in [1.807, 2.05) is 0 Å². The standard InChI is InChI=1S/C26H33NO5/c1-5-18(28)21-15-6-7-17-16-9-11-26(10-8-15,27(17)21)20-13(2)23(31-19(20)12-16)24-22(30-4)14(3)25(29)32-24/h9,11-13,15-18,20-21,28H,5-8,10H2,1-4H3/b24-23-/t13-,15-,16-,17+,18-,20-,21-,26+/m0/s1. The van der Waals surface area contributed by atoms with Crippen LogP contribution in [-0.4, -0.2) is 46.8 Å². The molecule has 1 unspecified atom stereocenters. The van der Waals surface area contributed by atoms with Crippen molar-refractivity contribution in [2.24, 2.45) is 23.7 Å². The van der Waals surface area contributed by atoms with Gasteiger partial charge in [0.05, 0.1) is 24.3 Å². The molecular weight excluding hydrogens is 406 g/mol. The number of methoxy groups -OCH3 is 1. The van der Waals surface area contributed by atoms with Crippen molar-refractivity contribution in [2.75, 3.05) is 7.11 Å². The number of ether oxygens (including phenoxy) is 3. The van der Waals surface area contributed by atoms with Crippen LogP contribution in [0, 0.1) is 23.7 Å². The van der Waals surface area contributed by atoms with Crippen molar-refractivity contribution in [1.29, 1.82) is 0 Å². The first-order valence-corrected chi connectivity index (χ1v) is 12.2. The van der Waals surface area contributed by atoms with Gasteiger partial charge in [0, 0.05) is 29.8 Å². The molecule has 7 rings (SSSR count). The summed E-state index contributed by atoms with van der Waals surface area (Å²) in [7, 11) is 1.57. The highest BCUT2D eigenvalue weighted by Crippen LogP contribution is 2.61. The van der Waals surface area contributed by atoms with Gasteiger partial charge in [0.2, 0.25) is 5.76 Å². The molecule has 0 aromatic heterocycles. The first-order chi connectivity index (χ1) is 15.4. The van der Waals surface area contributed by atoms with Crippen LogP contribution in [-0.2, 0) is 19.0 Å². The van der Waals surface area contributed by atoms with Gasteiger partial charge in [-0.15, -0.1) is 0 Å². The van der Waals surface area contributed by atoms with Crippen molar-refractivity contribution in [1.82, 2.24) is 4.90 Å². The topological polar surface area (TPSA) is 68.2 Å². The maximum atomic E-state index is 12.3. The Morgan fingerprint density at radius 3 is 2.88 bits per heavy atom. The van der Waals surface area contributed by atoms with E-state index in [0.717, 1.165) is 25.0 Å². The molecule has 6 nitrogen and oxygen atoms in total. The van der Waals surface area contributed by atoms with Crippen LogP contribution in [0.5, 0.6) is 0 Å². The van der Waals surface area contributed by atoms with E-state index in [-0.39, 0.29) is 41.4 Å². The van der Waals surface area contributed by atoms with Crippen molar-refractivity contribution in [2.45, 2.75) is 76.6 Å². The van der Waals surface area contributed by atoms with E-state index in [1.165, 1.54) is 12.8 Å². The third-order valence-corrected chi connectivity index (χ3v) is 9.07. The van der Waals surface area contributed by atoms with Crippen molar-refractivity contribution < 1.29 is 24.1 Å². The molecular formula is C26H33NO5. The Balaban J connectivity index is 1.49. The minimum atomic E-state index is -0.372. The number of cyclic esters (lactones) is 1. The van der Waals surface area contributed by atoms with Gasteiger partial charge in [0.15, 0.2) is 11.5 Å². The summed E-state index contributed by atoms with van der Waals surface area (Å²) in [6, 6.07) is 0.603. The zero-order valence-corrected chi connectivity index (χ0v) is 19.3. The number of rotatable bonds is 3. The first kappa shape index (κ1) is 20.5. The molecule has 32 heavy (non-hydrogen) atoms. The SMILES string of the molecule is CC[C@H](O)[C@@H]1[C@H]2CC[C@@H]3[C@H]4C=C[C@](CC2)([C@@H]2C(=C4)O/C(=C4\OC(=O)C(C)=C4OC)[C@H]2C)N13. The van der Waals surface area contributed by atoms with Crippen LogP contribution < -0.4 is 0 Å². The molecule has 172 valence electrons. The summed E-state index contributed by atoms with van der Waals surface area (Å²) in [5.74, 6) is 3.21. The Labute approximate surface area is 189 Å². The normalized spacial score (nSPS) is 47.0. The molecule has 1 aliphatic carbocycles. The Bertz CT molecular complexity index is 992. The summed E-state index contributed by atoms with van der Waals surface area (Å²) >= 11 is 0. The fourth-order valence-corrected chi connectivity index (χ4v) is 7.70. The van der Waals surface area contributed by atoms with Crippen LogP contribution in [0.2, 0.25) is 0 Å². The van der Waals surface area contributed by atoms with Gasteiger partial charge in [0.25, 0.3) is 0 Å². The Morgan fingerprint density at radius 2 is 2.12 bits per heavy atom. The van der Waals surface area contributed by atoms with E-state index >= 15 is 0 Å². The zero-order chi connectivity index (χ0) is 22.4. The molecule has 1 N–H and O–H groups in total. The van der Waals surface area contributed by atoms with Gasteiger partial charge in [-0.3, -0.25) is 4.90 Å². The number of piperidine rings is 2. The molecule has 4 bridgehead atoms. The van der Waals surface area contributed by atoms with Crippen LogP contribution in [0.1, 0.15) is 52.9 Å². The smallest absolute Gasteiger partial charge is 0.343 e. The number of aliphatic hydroxyl groups excluding tert-OH is 1. The Hall–Kier alpha value is -2.05. The second-order valence-electron chi connectivity index (χ2n) is 10.4. The largest absolute Gasteiger partial charge is 0.492 e. The molecule has 0 aromatic carbocycles. The van der Waals surface area contributed by atoms with Crippen LogP contribution in [0.15, 0.2) is 46.8 Å². The van der Waals surface area contributed by atoms with E-state index in [4.69, 9.17) is 14.2 Å². The summed E-state index contributed by atoms with van der Waals surface area (Å²) in [5, 5.41) is 11.1. The number of carbonyl (C=O) groups excluding carboxylic acids is 1. The number of hydrogen-bond donors (Lipinski definition) is 1. The minimum Gasteiger partial charge on any atom is -0.492 e. The van der Waals surface area contributed by atoms with Gasteiger partial charge in [-0.2, -0.15) is 0 Å². The van der Waals surface area contributed by atoms with Gasteiger partial charge in [0.1, 0.15) is 5.76 Å². The second kappa shape index (κ2) is 6.97. The molecule has 7 aliphatic rings. The van der Waals surface area contributed by atoms with E-state index < -0.39 is 0 Å². The maximum absolute atomic E-state index is 12.3. The first-order valence-electron chi connectivity index (χ1n) is 12.2. The highest BCUT2D eigenvalue weighted by atomic mass is 16.6. The average molecular weight is 440 g/mol. The van der Waals surface area contributed by atoms with Crippen molar-refractivity contribution in [3.05, 3.63) is 46.8 Å². The summed E-state index contributed by atoms with van der Waals surface area (Å²) in [6.07, 6.45) is 12.1. The third kappa shape index (κ3) is 2.45. The van der Waals surface area contributed by atoms with Gasteiger partial charge in [-0.1, -0.05) is 26.0 Å². The van der Waals surface area contributed by atoms with E-state index in [2.05, 4.69) is 37.0 Å². The number of aliphatic hydroxyl groups is 1. The van der Waals surface area contributed by atoms with E-state index in [0.29, 0.717) is 34.8 Å². The zero-order valence-electron chi connectivity index (χ0n) is 19.3. The van der Waals surface area contributed by atoms with Crippen LogP contribution in [0.25, 0.3) is 0 Å². The lowest BCUT2D eigenvalue weighted by atomic mass is 9.61. The molecule has 9 atom stereocenters. The summed E-state index contributed by atoms with van der Waals surface area (Å²) < 4.78 is 17.7. The van der Waals surface area contributed by atoms with E-state index in [1.54, 1.807) is 14.0 Å². The molecule has 0 saturated carbocycles. The summed E-state index contributed by atoms with van der Waals surface area (Å²) in [6.45, 7) is 6.00. The molecule has 1 spiro atoms. The number of fused-ring (bicyclic) bond motifs is 1. The molecule has 6 heteroatoms. The maximum Gasteiger partial charge on any atom is 0.343 e. The van der Waals surface area contributed by atoms with Gasteiger partial charge < -0.3 is 19.3 Å². The lowest BCUT2D eigenvalue weighted by Crippen LogP contribution is -2.71.